The van der Waals surface area contributed by atoms with E-state index in [9.17, 15) is 4.79 Å². The van der Waals surface area contributed by atoms with Crippen LogP contribution in [-0.2, 0) is 18.4 Å². The third-order valence-electron chi connectivity index (χ3n) is 5.30. The molecule has 0 bridgehead atoms. The van der Waals surface area contributed by atoms with Crippen molar-refractivity contribution in [1.82, 2.24) is 9.78 Å². The number of carbonyl (C=O) groups is 1. The van der Waals surface area contributed by atoms with Gasteiger partial charge in [-0.25, -0.2) is 0 Å². The molecule has 2 aromatic carbocycles. The predicted octanol–water partition coefficient (Wildman–Crippen LogP) is 4.40. The van der Waals surface area contributed by atoms with E-state index in [1.807, 2.05) is 44.3 Å². The van der Waals surface area contributed by atoms with Crippen molar-refractivity contribution in [3.05, 3.63) is 70.4 Å². The Kier molecular flexibility index (Phi) is 5.72. The molecule has 0 aliphatic carbocycles. The highest BCUT2D eigenvalue weighted by Gasteiger charge is 2.30. The second kappa shape index (κ2) is 8.44. The lowest BCUT2D eigenvalue weighted by molar-refractivity contribution is -0.113. The molecular formula is C23H25N3O3S. The summed E-state index contributed by atoms with van der Waals surface area (Å²) < 4.78 is 13.4. The van der Waals surface area contributed by atoms with Crippen molar-refractivity contribution >= 4 is 23.5 Å². The monoisotopic (exact) mass is 423 g/mol. The highest BCUT2D eigenvalue weighted by Crippen LogP contribution is 2.44. The zero-order chi connectivity index (χ0) is 21.3. The van der Waals surface area contributed by atoms with Crippen LogP contribution in [-0.4, -0.2) is 28.6 Å². The Hall–Kier alpha value is -2.93. The molecule has 4 rings (SSSR count). The van der Waals surface area contributed by atoms with Crippen molar-refractivity contribution in [2.75, 3.05) is 18.2 Å². The molecule has 1 N–H and O–H groups in total. The standard InChI is InChI=1S/C23H25N3O3S/c1-14-7-5-6-8-17(14)12-29-18-10-9-16(11-19(18)28-4)22-21-15(2)25-26(3)23(21)24-20(27)13-30-22/h5-11,22H,12-13H2,1-4H3,(H,24,27). The molecule has 6 nitrogen and oxygen atoms in total. The quantitative estimate of drug-likeness (QED) is 0.659. The molecule has 0 fully saturated rings. The molecular weight excluding hydrogens is 398 g/mol. The fraction of sp³-hybridized carbons (Fsp3) is 0.304. The summed E-state index contributed by atoms with van der Waals surface area (Å²) in [6.45, 7) is 4.52. The van der Waals surface area contributed by atoms with E-state index in [1.54, 1.807) is 23.6 Å². The van der Waals surface area contributed by atoms with E-state index in [1.165, 1.54) is 5.56 Å². The van der Waals surface area contributed by atoms with Gasteiger partial charge in [0, 0.05) is 12.6 Å². The summed E-state index contributed by atoms with van der Waals surface area (Å²) in [5, 5.41) is 7.47. The average molecular weight is 424 g/mol. The number of hydrogen-bond acceptors (Lipinski definition) is 5. The SMILES string of the molecule is COc1cc(C2SCC(=O)Nc3c2c(C)nn3C)ccc1OCc1ccccc1C. The van der Waals surface area contributed by atoms with E-state index in [0.29, 0.717) is 23.9 Å². The number of methoxy groups -OCH3 is 1. The minimum Gasteiger partial charge on any atom is -0.493 e. The fourth-order valence-electron chi connectivity index (χ4n) is 3.70. The zero-order valence-corrected chi connectivity index (χ0v) is 18.4. The van der Waals surface area contributed by atoms with Gasteiger partial charge in [0.2, 0.25) is 5.91 Å². The number of nitrogens with one attached hydrogen (secondary N) is 1. The first-order valence-corrected chi connectivity index (χ1v) is 10.8. The van der Waals surface area contributed by atoms with Crippen molar-refractivity contribution in [2.45, 2.75) is 25.7 Å². The van der Waals surface area contributed by atoms with Crippen LogP contribution in [0.4, 0.5) is 5.82 Å². The second-order valence-electron chi connectivity index (χ2n) is 7.34. The van der Waals surface area contributed by atoms with Crippen LogP contribution in [0.2, 0.25) is 0 Å². The maximum absolute atomic E-state index is 12.2. The molecule has 2 heterocycles. The molecule has 0 spiro atoms. The largest absolute Gasteiger partial charge is 0.493 e. The number of ether oxygens (including phenoxy) is 2. The Balaban J connectivity index is 1.64. The van der Waals surface area contributed by atoms with E-state index in [4.69, 9.17) is 9.47 Å². The van der Waals surface area contributed by atoms with Gasteiger partial charge in [-0.15, -0.1) is 11.8 Å². The third-order valence-corrected chi connectivity index (χ3v) is 6.57. The second-order valence-corrected chi connectivity index (χ2v) is 8.43. The van der Waals surface area contributed by atoms with E-state index in [2.05, 4.69) is 29.5 Å². The number of amides is 1. The fourth-order valence-corrected chi connectivity index (χ4v) is 4.88. The van der Waals surface area contributed by atoms with Crippen molar-refractivity contribution in [3.63, 3.8) is 0 Å². The van der Waals surface area contributed by atoms with Crippen LogP contribution in [0.25, 0.3) is 0 Å². The van der Waals surface area contributed by atoms with Crippen LogP contribution < -0.4 is 14.8 Å². The molecule has 156 valence electrons. The Labute approximate surface area is 180 Å². The van der Waals surface area contributed by atoms with Crippen LogP contribution in [0.1, 0.15) is 33.2 Å². The molecule has 30 heavy (non-hydrogen) atoms. The van der Waals surface area contributed by atoms with Gasteiger partial charge in [-0.1, -0.05) is 30.3 Å². The summed E-state index contributed by atoms with van der Waals surface area (Å²) >= 11 is 1.59. The Morgan fingerprint density at radius 3 is 2.77 bits per heavy atom. The first kappa shape index (κ1) is 20.3. The highest BCUT2D eigenvalue weighted by atomic mass is 32.2. The number of aromatic nitrogens is 2. The van der Waals surface area contributed by atoms with Crippen LogP contribution >= 0.6 is 11.8 Å². The molecule has 1 aliphatic rings. The lowest BCUT2D eigenvalue weighted by Crippen LogP contribution is -2.15. The molecule has 1 aromatic heterocycles. The number of nitrogens with zero attached hydrogens (tertiary/aromatic N) is 2. The van der Waals surface area contributed by atoms with Gasteiger partial charge in [0.25, 0.3) is 0 Å². The molecule has 1 atom stereocenters. The maximum Gasteiger partial charge on any atom is 0.235 e. The molecule has 7 heteroatoms. The summed E-state index contributed by atoms with van der Waals surface area (Å²) in [5.41, 5.74) is 5.33. The molecule has 0 radical (unpaired) electrons. The van der Waals surface area contributed by atoms with Crippen LogP contribution in [0.3, 0.4) is 0 Å². The minimum atomic E-state index is -0.0213. The molecule has 1 unspecified atom stereocenters. The first-order chi connectivity index (χ1) is 14.5. The molecule has 1 amide bonds. The van der Waals surface area contributed by atoms with E-state index in [-0.39, 0.29) is 11.2 Å². The number of hydrogen-bond donors (Lipinski definition) is 1. The van der Waals surface area contributed by atoms with Gasteiger partial charge in [0.1, 0.15) is 12.4 Å². The third kappa shape index (κ3) is 3.89. The van der Waals surface area contributed by atoms with Gasteiger partial charge >= 0.3 is 0 Å². The number of aryl methyl sites for hydroxylation is 3. The van der Waals surface area contributed by atoms with Crippen molar-refractivity contribution in [3.8, 4) is 11.5 Å². The summed E-state index contributed by atoms with van der Waals surface area (Å²) in [5.74, 6) is 2.49. The van der Waals surface area contributed by atoms with Crippen molar-refractivity contribution in [2.24, 2.45) is 7.05 Å². The van der Waals surface area contributed by atoms with E-state index in [0.717, 1.165) is 28.2 Å². The van der Waals surface area contributed by atoms with E-state index >= 15 is 0 Å². The van der Waals surface area contributed by atoms with Gasteiger partial charge in [0.05, 0.1) is 23.8 Å². The zero-order valence-electron chi connectivity index (χ0n) is 17.6. The Bertz CT molecular complexity index is 1090. The molecule has 3 aromatic rings. The van der Waals surface area contributed by atoms with Crippen molar-refractivity contribution in [1.29, 1.82) is 0 Å². The number of carbonyl (C=O) groups excluding carboxylic acids is 1. The van der Waals surface area contributed by atoms with Crippen LogP contribution in [0.15, 0.2) is 42.5 Å². The Morgan fingerprint density at radius 1 is 1.20 bits per heavy atom. The summed E-state index contributed by atoms with van der Waals surface area (Å²) in [7, 11) is 3.49. The molecule has 0 saturated carbocycles. The molecule has 1 aliphatic heterocycles. The smallest absolute Gasteiger partial charge is 0.235 e. The van der Waals surface area contributed by atoms with Gasteiger partial charge in [-0.2, -0.15) is 5.10 Å². The lowest BCUT2D eigenvalue weighted by Gasteiger charge is -2.18. The van der Waals surface area contributed by atoms with Gasteiger partial charge < -0.3 is 14.8 Å². The maximum atomic E-state index is 12.2. The number of benzene rings is 2. The average Bonchev–Trinajstić information content (AvgIpc) is 2.90. The predicted molar refractivity (Wildman–Crippen MR) is 119 cm³/mol. The van der Waals surface area contributed by atoms with Gasteiger partial charge in [-0.05, 0) is 42.7 Å². The number of thioether (sulfide) groups is 1. The Morgan fingerprint density at radius 2 is 2.00 bits per heavy atom. The highest BCUT2D eigenvalue weighted by molar-refractivity contribution is 8.00. The minimum absolute atomic E-state index is 0.0168. The number of fused-ring (bicyclic) bond motifs is 1. The summed E-state index contributed by atoms with van der Waals surface area (Å²) in [4.78, 5) is 12.2. The topological polar surface area (TPSA) is 65.4 Å². The van der Waals surface area contributed by atoms with Crippen LogP contribution in [0, 0.1) is 13.8 Å². The van der Waals surface area contributed by atoms with Crippen molar-refractivity contribution < 1.29 is 14.3 Å². The lowest BCUT2D eigenvalue weighted by atomic mass is 10.0. The van der Waals surface area contributed by atoms with E-state index < -0.39 is 0 Å². The first-order valence-electron chi connectivity index (χ1n) is 9.78. The molecule has 0 saturated heterocycles. The van der Waals surface area contributed by atoms with Gasteiger partial charge in [-0.3, -0.25) is 9.48 Å². The van der Waals surface area contributed by atoms with Gasteiger partial charge in [0.15, 0.2) is 11.5 Å². The van der Waals surface area contributed by atoms with Crippen LogP contribution in [0.5, 0.6) is 11.5 Å². The normalized spacial score (nSPS) is 15.9. The summed E-state index contributed by atoms with van der Waals surface area (Å²) in [6.07, 6.45) is 0. The number of anilines is 1. The summed E-state index contributed by atoms with van der Waals surface area (Å²) in [6, 6.07) is 14.2. The number of rotatable bonds is 5.